The molecule has 152 valence electrons. The molecule has 2 N–H and O–H groups in total. The van der Waals surface area contributed by atoms with Crippen LogP contribution in [0.3, 0.4) is 0 Å². The third-order valence-corrected chi connectivity index (χ3v) is 6.03. The van der Waals surface area contributed by atoms with Crippen LogP contribution in [0.15, 0.2) is 46.1 Å². The van der Waals surface area contributed by atoms with Gasteiger partial charge in [0.15, 0.2) is 0 Å². The maximum Gasteiger partial charge on any atom is 0.332 e. The fourth-order valence-corrected chi connectivity index (χ4v) is 4.41. The van der Waals surface area contributed by atoms with Gasteiger partial charge < -0.3 is 10.2 Å². The van der Waals surface area contributed by atoms with Crippen LogP contribution in [0.2, 0.25) is 0 Å². The third-order valence-electron chi connectivity index (χ3n) is 6.03. The van der Waals surface area contributed by atoms with Crippen molar-refractivity contribution in [2.24, 2.45) is 5.92 Å². The zero-order valence-corrected chi connectivity index (χ0v) is 16.9. The van der Waals surface area contributed by atoms with Gasteiger partial charge in [-0.2, -0.15) is 0 Å². The average Bonchev–Trinajstić information content (AvgIpc) is 2.70. The Kier molecular flexibility index (Phi) is 7.10. The molecule has 0 bridgehead atoms. The molecular weight excluding hydrogens is 376 g/mol. The van der Waals surface area contributed by atoms with Crippen LogP contribution in [-0.4, -0.2) is 47.2 Å². The first-order valence-corrected chi connectivity index (χ1v) is 10.0. The number of aromatic amines is 1. The molecule has 0 unspecified atom stereocenters. The largest absolute Gasteiger partial charge is 0.332 e. The number of rotatable bonds is 4. The topological polar surface area (TPSA) is 70.1 Å². The molecule has 7 heteroatoms. The highest BCUT2D eigenvalue weighted by Gasteiger charge is 2.23. The Labute approximate surface area is 171 Å². The van der Waals surface area contributed by atoms with Gasteiger partial charge in [0.25, 0.3) is 5.56 Å². The molecule has 2 fully saturated rings. The van der Waals surface area contributed by atoms with Crippen LogP contribution in [0.25, 0.3) is 5.69 Å². The van der Waals surface area contributed by atoms with Crippen molar-refractivity contribution < 1.29 is 0 Å². The minimum atomic E-state index is -0.401. The molecule has 2 saturated heterocycles. The molecule has 4 rings (SSSR count). The second kappa shape index (κ2) is 9.54. The van der Waals surface area contributed by atoms with E-state index in [4.69, 9.17) is 0 Å². The van der Waals surface area contributed by atoms with Gasteiger partial charge in [0.2, 0.25) is 0 Å². The van der Waals surface area contributed by atoms with Crippen LogP contribution in [0.5, 0.6) is 0 Å². The molecule has 28 heavy (non-hydrogen) atoms. The maximum atomic E-state index is 11.9. The van der Waals surface area contributed by atoms with Gasteiger partial charge in [-0.15, -0.1) is 12.4 Å². The van der Waals surface area contributed by atoms with Crippen LogP contribution in [-0.2, 0) is 0 Å². The molecule has 2 aliphatic heterocycles. The molecule has 3 heterocycles. The van der Waals surface area contributed by atoms with Crippen molar-refractivity contribution in [1.82, 2.24) is 19.8 Å². The van der Waals surface area contributed by atoms with Gasteiger partial charge in [0, 0.05) is 18.8 Å². The predicted octanol–water partition coefficient (Wildman–Crippen LogP) is 2.13. The first-order chi connectivity index (χ1) is 13.2. The van der Waals surface area contributed by atoms with E-state index >= 15 is 0 Å². The molecule has 0 saturated carbocycles. The van der Waals surface area contributed by atoms with Crippen molar-refractivity contribution in [2.75, 3.05) is 32.7 Å². The lowest BCUT2D eigenvalue weighted by molar-refractivity contribution is 0.167. The highest BCUT2D eigenvalue weighted by molar-refractivity contribution is 5.85. The summed E-state index contributed by atoms with van der Waals surface area (Å²) in [7, 11) is 0. The smallest absolute Gasteiger partial charge is 0.317 e. The summed E-state index contributed by atoms with van der Waals surface area (Å²) in [6.45, 7) is 5.95. The molecule has 0 radical (unpaired) electrons. The number of nitrogens with one attached hydrogen (secondary N) is 2. The Morgan fingerprint density at radius 3 is 2.25 bits per heavy atom. The minimum Gasteiger partial charge on any atom is -0.317 e. The Morgan fingerprint density at radius 2 is 1.61 bits per heavy atom. The van der Waals surface area contributed by atoms with Crippen molar-refractivity contribution in [2.45, 2.75) is 31.6 Å². The number of piperidine rings is 2. The molecule has 0 amide bonds. The van der Waals surface area contributed by atoms with E-state index in [1.165, 1.54) is 80.8 Å². The monoisotopic (exact) mass is 404 g/mol. The summed E-state index contributed by atoms with van der Waals surface area (Å²) in [6, 6.07) is 9.56. The van der Waals surface area contributed by atoms with Crippen molar-refractivity contribution >= 4 is 12.4 Å². The molecule has 6 nitrogen and oxygen atoms in total. The fourth-order valence-electron chi connectivity index (χ4n) is 4.41. The van der Waals surface area contributed by atoms with Gasteiger partial charge in [-0.3, -0.25) is 14.3 Å². The van der Waals surface area contributed by atoms with Gasteiger partial charge in [-0.05, 0) is 81.4 Å². The summed E-state index contributed by atoms with van der Waals surface area (Å²) >= 11 is 0. The zero-order chi connectivity index (χ0) is 18.6. The van der Waals surface area contributed by atoms with E-state index in [0.717, 1.165) is 11.6 Å². The lowest BCUT2D eigenvalue weighted by Gasteiger charge is -2.35. The summed E-state index contributed by atoms with van der Waals surface area (Å²) in [5.74, 6) is 1.45. The number of aromatic nitrogens is 2. The van der Waals surface area contributed by atoms with Crippen LogP contribution in [0.4, 0.5) is 0 Å². The van der Waals surface area contributed by atoms with Crippen LogP contribution in [0, 0.1) is 5.92 Å². The number of hydrogen-bond donors (Lipinski definition) is 2. The average molecular weight is 405 g/mol. The number of likely N-dealkylation sites (tertiary alicyclic amines) is 1. The molecular formula is C21H29ClN4O2. The van der Waals surface area contributed by atoms with E-state index in [-0.39, 0.29) is 18.0 Å². The summed E-state index contributed by atoms with van der Waals surface area (Å²) in [4.78, 5) is 28.1. The van der Waals surface area contributed by atoms with Crippen molar-refractivity contribution in [3.05, 3.63) is 62.9 Å². The molecule has 0 atom stereocenters. The Hall–Kier alpha value is -1.89. The van der Waals surface area contributed by atoms with Crippen molar-refractivity contribution in [3.63, 3.8) is 0 Å². The number of halogens is 1. The van der Waals surface area contributed by atoms with Gasteiger partial charge in [0.1, 0.15) is 0 Å². The summed E-state index contributed by atoms with van der Waals surface area (Å²) in [5, 5.41) is 3.45. The Morgan fingerprint density at radius 1 is 0.929 bits per heavy atom. The van der Waals surface area contributed by atoms with E-state index in [0.29, 0.717) is 5.92 Å². The molecule has 0 aliphatic carbocycles. The molecule has 2 aromatic rings. The Bertz CT molecular complexity index is 863. The second-order valence-electron chi connectivity index (χ2n) is 7.84. The van der Waals surface area contributed by atoms with E-state index in [9.17, 15) is 9.59 Å². The second-order valence-corrected chi connectivity index (χ2v) is 7.84. The number of benzene rings is 1. The standard InChI is InChI=1S/C21H28N4O2.ClH/c26-20-9-14-25(21(27)23-20)19-3-1-17(2-4-19)18-7-12-24(13-8-18)15-16-5-10-22-11-6-16;/h1-4,9,14,16,18,22H,5-8,10-13,15H2,(H,23,26,27);1H. The van der Waals surface area contributed by atoms with Crippen LogP contribution >= 0.6 is 12.4 Å². The van der Waals surface area contributed by atoms with Gasteiger partial charge >= 0.3 is 5.69 Å². The molecule has 1 aromatic heterocycles. The number of hydrogen-bond acceptors (Lipinski definition) is 4. The lowest BCUT2D eigenvalue weighted by Crippen LogP contribution is -2.39. The van der Waals surface area contributed by atoms with Gasteiger partial charge in [-0.25, -0.2) is 4.79 Å². The first-order valence-electron chi connectivity index (χ1n) is 10.0. The summed E-state index contributed by atoms with van der Waals surface area (Å²) in [6.07, 6.45) is 6.54. The predicted molar refractivity (Wildman–Crippen MR) is 114 cm³/mol. The SMILES string of the molecule is Cl.O=c1ccn(-c2ccc(C3CCN(CC4CCNCC4)CC3)cc2)c(=O)[nH]1. The van der Waals surface area contributed by atoms with Gasteiger partial charge in [0.05, 0.1) is 5.69 Å². The summed E-state index contributed by atoms with van der Waals surface area (Å²) < 4.78 is 1.47. The first kappa shape index (κ1) is 20.8. The molecule has 0 spiro atoms. The third kappa shape index (κ3) is 4.93. The lowest BCUT2D eigenvalue weighted by atomic mass is 9.88. The van der Waals surface area contributed by atoms with E-state index < -0.39 is 5.69 Å². The maximum absolute atomic E-state index is 11.9. The van der Waals surface area contributed by atoms with Gasteiger partial charge in [-0.1, -0.05) is 12.1 Å². The highest BCUT2D eigenvalue weighted by Crippen LogP contribution is 2.29. The molecule has 2 aliphatic rings. The minimum absolute atomic E-state index is 0. The van der Waals surface area contributed by atoms with E-state index in [1.54, 1.807) is 0 Å². The Balaban J connectivity index is 0.00000225. The fraction of sp³-hybridized carbons (Fsp3) is 0.524. The summed E-state index contributed by atoms with van der Waals surface area (Å²) in [5.41, 5.74) is 1.35. The number of nitrogens with zero attached hydrogens (tertiary/aromatic N) is 2. The van der Waals surface area contributed by atoms with Crippen LogP contribution in [0.1, 0.15) is 37.2 Å². The number of H-pyrrole nitrogens is 1. The normalized spacial score (nSPS) is 19.3. The highest BCUT2D eigenvalue weighted by atomic mass is 35.5. The van der Waals surface area contributed by atoms with Crippen molar-refractivity contribution in [1.29, 1.82) is 0 Å². The van der Waals surface area contributed by atoms with E-state index in [1.807, 2.05) is 12.1 Å². The van der Waals surface area contributed by atoms with Crippen molar-refractivity contribution in [3.8, 4) is 5.69 Å². The van der Waals surface area contributed by atoms with Crippen LogP contribution < -0.4 is 16.6 Å². The quantitative estimate of drug-likeness (QED) is 0.819. The zero-order valence-electron chi connectivity index (χ0n) is 16.1. The molecule has 1 aromatic carbocycles. The van der Waals surface area contributed by atoms with E-state index in [2.05, 4.69) is 27.3 Å².